The van der Waals surface area contributed by atoms with Gasteiger partial charge in [-0.1, -0.05) is 0 Å². The highest BCUT2D eigenvalue weighted by atomic mass is 35.5. The van der Waals surface area contributed by atoms with E-state index in [1.165, 1.54) is 11.4 Å². The van der Waals surface area contributed by atoms with Crippen LogP contribution in [0.25, 0.3) is 0 Å². The fraction of sp³-hybridized carbons (Fsp3) is 0.875. The molecule has 88 valence electrons. The molecule has 1 rings (SSSR count). The van der Waals surface area contributed by atoms with E-state index in [-0.39, 0.29) is 11.6 Å². The zero-order valence-electron chi connectivity index (χ0n) is 8.48. The molecule has 0 aromatic rings. The number of halogens is 1. The van der Waals surface area contributed by atoms with Gasteiger partial charge in [-0.15, -0.1) is 11.6 Å². The average Bonchev–Trinajstić information content (AvgIpc) is 2.65. The molecule has 0 aromatic carbocycles. The van der Waals surface area contributed by atoms with Gasteiger partial charge in [-0.05, 0) is 12.8 Å². The van der Waals surface area contributed by atoms with Gasteiger partial charge in [0.25, 0.3) is 0 Å². The van der Waals surface area contributed by atoms with E-state index in [0.29, 0.717) is 19.4 Å². The van der Waals surface area contributed by atoms with Gasteiger partial charge in [-0.3, -0.25) is 4.79 Å². The molecule has 0 bridgehead atoms. The molecule has 0 spiro atoms. The van der Waals surface area contributed by atoms with Crippen LogP contribution in [0.5, 0.6) is 0 Å². The lowest BCUT2D eigenvalue weighted by Crippen LogP contribution is -2.42. The normalized spacial score (nSPS) is 22.9. The van der Waals surface area contributed by atoms with Gasteiger partial charge in [0.2, 0.25) is 10.0 Å². The Labute approximate surface area is 94.4 Å². The van der Waals surface area contributed by atoms with Gasteiger partial charge < -0.3 is 4.74 Å². The first-order valence-corrected chi connectivity index (χ1v) is 6.80. The summed E-state index contributed by atoms with van der Waals surface area (Å²) in [4.78, 5) is 11.3. The Balaban J connectivity index is 2.81. The highest BCUT2D eigenvalue weighted by Gasteiger charge is 2.38. The molecule has 5 nitrogen and oxygen atoms in total. The molecule has 0 radical (unpaired) electrons. The number of hydrogen-bond donors (Lipinski definition) is 0. The minimum absolute atomic E-state index is 0.0345. The van der Waals surface area contributed by atoms with E-state index in [2.05, 4.69) is 4.74 Å². The van der Waals surface area contributed by atoms with Gasteiger partial charge >= 0.3 is 5.97 Å². The number of sulfonamides is 1. The summed E-state index contributed by atoms with van der Waals surface area (Å²) in [6, 6.07) is -0.664. The Hall–Kier alpha value is -0.330. The van der Waals surface area contributed by atoms with Crippen molar-refractivity contribution in [3.63, 3.8) is 0 Å². The molecule has 1 fully saturated rings. The summed E-state index contributed by atoms with van der Waals surface area (Å²) in [5.74, 6) is -0.597. The molecule has 1 atom stereocenters. The predicted molar refractivity (Wildman–Crippen MR) is 56.3 cm³/mol. The maximum absolute atomic E-state index is 11.7. The summed E-state index contributed by atoms with van der Waals surface area (Å²) in [5.41, 5.74) is 0. The molecule has 0 saturated carbocycles. The second kappa shape index (κ2) is 5.14. The highest BCUT2D eigenvalue weighted by Crippen LogP contribution is 2.22. The Kier molecular flexibility index (Phi) is 4.36. The molecule has 1 aliphatic rings. The van der Waals surface area contributed by atoms with Crippen molar-refractivity contribution < 1.29 is 17.9 Å². The number of methoxy groups -OCH3 is 1. The van der Waals surface area contributed by atoms with Crippen molar-refractivity contribution in [2.24, 2.45) is 0 Å². The molecule has 7 heteroatoms. The summed E-state index contributed by atoms with van der Waals surface area (Å²) >= 11 is 5.40. The molecule has 1 heterocycles. The lowest BCUT2D eigenvalue weighted by Gasteiger charge is -2.21. The van der Waals surface area contributed by atoms with E-state index in [1.807, 2.05) is 0 Å². The number of rotatable bonds is 4. The summed E-state index contributed by atoms with van der Waals surface area (Å²) in [7, 11) is -2.16. The van der Waals surface area contributed by atoms with Crippen LogP contribution in [0.1, 0.15) is 12.8 Å². The summed E-state index contributed by atoms with van der Waals surface area (Å²) in [6.07, 6.45) is 1.20. The highest BCUT2D eigenvalue weighted by molar-refractivity contribution is 7.89. The van der Waals surface area contributed by atoms with Crippen molar-refractivity contribution in [2.75, 3.05) is 25.3 Å². The van der Waals surface area contributed by atoms with E-state index in [9.17, 15) is 13.2 Å². The fourth-order valence-corrected chi connectivity index (χ4v) is 3.66. The summed E-state index contributed by atoms with van der Waals surface area (Å²) in [5, 5.41) is 0. The topological polar surface area (TPSA) is 63.7 Å². The first-order chi connectivity index (χ1) is 7.03. The van der Waals surface area contributed by atoms with E-state index >= 15 is 0 Å². The lowest BCUT2D eigenvalue weighted by molar-refractivity contribution is -0.144. The largest absolute Gasteiger partial charge is 0.468 e. The van der Waals surface area contributed by atoms with E-state index in [4.69, 9.17) is 11.6 Å². The third-order valence-corrected chi connectivity index (χ3v) is 4.65. The number of nitrogens with zero attached hydrogens (tertiary/aromatic N) is 1. The molecule has 0 N–H and O–H groups in total. The van der Waals surface area contributed by atoms with Crippen LogP contribution in [0, 0.1) is 0 Å². The van der Waals surface area contributed by atoms with Crippen molar-refractivity contribution in [1.82, 2.24) is 4.31 Å². The van der Waals surface area contributed by atoms with Crippen LogP contribution in [-0.4, -0.2) is 50.0 Å². The maximum atomic E-state index is 11.7. The maximum Gasteiger partial charge on any atom is 0.324 e. The molecular formula is C8H14ClNO4S. The van der Waals surface area contributed by atoms with Crippen molar-refractivity contribution in [2.45, 2.75) is 18.9 Å². The second-order valence-electron chi connectivity index (χ2n) is 3.30. The molecule has 0 aliphatic carbocycles. The Bertz CT molecular complexity index is 330. The number of esters is 1. The average molecular weight is 256 g/mol. The number of hydrogen-bond acceptors (Lipinski definition) is 4. The molecule has 1 saturated heterocycles. The second-order valence-corrected chi connectivity index (χ2v) is 5.72. The van der Waals surface area contributed by atoms with Crippen molar-refractivity contribution in [3.8, 4) is 0 Å². The van der Waals surface area contributed by atoms with E-state index in [0.717, 1.165) is 0 Å². The van der Waals surface area contributed by atoms with Gasteiger partial charge in [0, 0.05) is 12.4 Å². The molecule has 15 heavy (non-hydrogen) atoms. The minimum atomic E-state index is -3.41. The fourth-order valence-electron chi connectivity index (χ4n) is 1.66. The zero-order chi connectivity index (χ0) is 11.5. The van der Waals surface area contributed by atoms with Crippen LogP contribution in [-0.2, 0) is 19.6 Å². The van der Waals surface area contributed by atoms with Crippen molar-refractivity contribution in [1.29, 1.82) is 0 Å². The van der Waals surface area contributed by atoms with Crippen LogP contribution in [0.4, 0.5) is 0 Å². The third-order valence-electron chi connectivity index (χ3n) is 2.37. The predicted octanol–water partition coefficient (Wildman–Crippen LogP) is 0.192. The molecule has 1 aliphatic heterocycles. The van der Waals surface area contributed by atoms with Crippen LogP contribution in [0.3, 0.4) is 0 Å². The molecule has 1 unspecified atom stereocenters. The number of carbonyl (C=O) groups excluding carboxylic acids is 1. The van der Waals surface area contributed by atoms with E-state index < -0.39 is 22.0 Å². The SMILES string of the molecule is COC(=O)C1CCCN1S(=O)(=O)CCCl. The third kappa shape index (κ3) is 2.83. The van der Waals surface area contributed by atoms with E-state index in [1.54, 1.807) is 0 Å². The first kappa shape index (κ1) is 12.7. The lowest BCUT2D eigenvalue weighted by atomic mass is 10.2. The molecule has 0 aromatic heterocycles. The summed E-state index contributed by atoms with van der Waals surface area (Å²) in [6.45, 7) is 0.374. The van der Waals surface area contributed by atoms with Gasteiger partial charge in [0.1, 0.15) is 6.04 Å². The first-order valence-electron chi connectivity index (χ1n) is 4.66. The van der Waals surface area contributed by atoms with Crippen molar-refractivity contribution >= 4 is 27.6 Å². The van der Waals surface area contributed by atoms with Gasteiger partial charge in [0.15, 0.2) is 0 Å². The monoisotopic (exact) mass is 255 g/mol. The van der Waals surface area contributed by atoms with Gasteiger partial charge in [-0.25, -0.2) is 8.42 Å². The standard InChI is InChI=1S/C8H14ClNO4S/c1-14-8(11)7-3-2-5-10(7)15(12,13)6-4-9/h7H,2-6H2,1H3. The minimum Gasteiger partial charge on any atom is -0.468 e. The quantitative estimate of drug-likeness (QED) is 0.532. The number of alkyl halides is 1. The number of ether oxygens (including phenoxy) is 1. The Morgan fingerprint density at radius 2 is 2.27 bits per heavy atom. The van der Waals surface area contributed by atoms with Gasteiger partial charge in [0.05, 0.1) is 12.9 Å². The van der Waals surface area contributed by atoms with Crippen LogP contribution in [0.15, 0.2) is 0 Å². The Morgan fingerprint density at radius 1 is 1.60 bits per heavy atom. The van der Waals surface area contributed by atoms with Crippen LogP contribution in [0.2, 0.25) is 0 Å². The van der Waals surface area contributed by atoms with Crippen molar-refractivity contribution in [3.05, 3.63) is 0 Å². The smallest absolute Gasteiger partial charge is 0.324 e. The van der Waals surface area contributed by atoms with Gasteiger partial charge in [-0.2, -0.15) is 4.31 Å². The van der Waals surface area contributed by atoms with Crippen LogP contribution >= 0.6 is 11.6 Å². The number of carbonyl (C=O) groups is 1. The van der Waals surface area contributed by atoms with Crippen LogP contribution < -0.4 is 0 Å². The zero-order valence-corrected chi connectivity index (χ0v) is 10.1. The Morgan fingerprint density at radius 3 is 2.80 bits per heavy atom. The summed E-state index contributed by atoms with van der Waals surface area (Å²) < 4.78 is 29.1. The molecule has 0 amide bonds. The molecular weight excluding hydrogens is 242 g/mol.